The van der Waals surface area contributed by atoms with Crippen molar-refractivity contribution >= 4 is 5.91 Å². The molecule has 6 nitrogen and oxygen atoms in total. The molecule has 0 spiro atoms. The van der Waals surface area contributed by atoms with Gasteiger partial charge in [-0.3, -0.25) is 4.79 Å². The molecule has 1 unspecified atom stereocenters. The summed E-state index contributed by atoms with van der Waals surface area (Å²) >= 11 is 0. The average Bonchev–Trinajstić information content (AvgIpc) is 2.39. The first kappa shape index (κ1) is 15.4. The van der Waals surface area contributed by atoms with E-state index >= 15 is 0 Å². The Balaban J connectivity index is 2.31. The predicted molar refractivity (Wildman–Crippen MR) is 72.0 cm³/mol. The largest absolute Gasteiger partial charge is 0.481 e. The van der Waals surface area contributed by atoms with Crippen LogP contribution in [0.5, 0.6) is 5.88 Å². The molecule has 0 fully saturated rings. The zero-order chi connectivity index (χ0) is 14.1. The number of rotatable bonds is 8. The molecule has 1 amide bonds. The molecular formula is C13H21N3O3. The van der Waals surface area contributed by atoms with Crippen LogP contribution < -0.4 is 15.4 Å². The van der Waals surface area contributed by atoms with Crippen LogP contribution in [0.25, 0.3) is 0 Å². The first-order chi connectivity index (χ1) is 9.17. The second kappa shape index (κ2) is 8.44. The van der Waals surface area contributed by atoms with Gasteiger partial charge in [0, 0.05) is 31.5 Å². The molecule has 0 aliphatic rings. The van der Waals surface area contributed by atoms with Crippen molar-refractivity contribution < 1.29 is 14.3 Å². The van der Waals surface area contributed by atoms with Gasteiger partial charge in [-0.2, -0.15) is 0 Å². The molecule has 1 rings (SSSR count). The molecule has 1 aromatic heterocycles. The van der Waals surface area contributed by atoms with Crippen molar-refractivity contribution in [2.75, 3.05) is 27.4 Å². The Kier molecular flexibility index (Phi) is 6.84. The van der Waals surface area contributed by atoms with Gasteiger partial charge in [-0.15, -0.1) is 0 Å². The highest BCUT2D eigenvalue weighted by Gasteiger charge is 2.07. The highest BCUT2D eigenvalue weighted by molar-refractivity contribution is 5.78. The minimum atomic E-state index is -0.0626. The van der Waals surface area contributed by atoms with Gasteiger partial charge in [0.2, 0.25) is 11.8 Å². The lowest BCUT2D eigenvalue weighted by Gasteiger charge is -2.13. The molecule has 0 saturated carbocycles. The number of pyridine rings is 1. The minimum absolute atomic E-state index is 0.00669. The lowest BCUT2D eigenvalue weighted by atomic mass is 10.2. The Morgan fingerprint density at radius 3 is 2.95 bits per heavy atom. The van der Waals surface area contributed by atoms with E-state index in [1.165, 1.54) is 0 Å². The SMILES string of the molecule is COCC(C)NC(=O)CNCc1cccnc1OC. The number of aromatic nitrogens is 1. The highest BCUT2D eigenvalue weighted by atomic mass is 16.5. The van der Waals surface area contributed by atoms with Crippen LogP contribution >= 0.6 is 0 Å². The summed E-state index contributed by atoms with van der Waals surface area (Å²) in [5.74, 6) is 0.510. The number of hydrogen-bond acceptors (Lipinski definition) is 5. The first-order valence-corrected chi connectivity index (χ1v) is 6.14. The molecule has 1 atom stereocenters. The van der Waals surface area contributed by atoms with E-state index in [4.69, 9.17) is 9.47 Å². The summed E-state index contributed by atoms with van der Waals surface area (Å²) in [5, 5.41) is 5.87. The van der Waals surface area contributed by atoms with E-state index in [9.17, 15) is 4.79 Å². The van der Waals surface area contributed by atoms with Gasteiger partial charge >= 0.3 is 0 Å². The zero-order valence-electron chi connectivity index (χ0n) is 11.6. The van der Waals surface area contributed by atoms with Gasteiger partial charge in [0.05, 0.1) is 20.3 Å². The van der Waals surface area contributed by atoms with Crippen LogP contribution in [0.15, 0.2) is 18.3 Å². The van der Waals surface area contributed by atoms with Crippen LogP contribution in [0, 0.1) is 0 Å². The van der Waals surface area contributed by atoms with Gasteiger partial charge < -0.3 is 20.1 Å². The summed E-state index contributed by atoms with van der Waals surface area (Å²) in [7, 11) is 3.18. The molecule has 0 bridgehead atoms. The molecular weight excluding hydrogens is 246 g/mol. The number of nitrogens with one attached hydrogen (secondary N) is 2. The Morgan fingerprint density at radius 1 is 1.47 bits per heavy atom. The van der Waals surface area contributed by atoms with Crippen LogP contribution in [-0.2, 0) is 16.1 Å². The molecule has 0 aliphatic heterocycles. The topological polar surface area (TPSA) is 72.5 Å². The van der Waals surface area contributed by atoms with Gasteiger partial charge in [-0.05, 0) is 13.0 Å². The van der Waals surface area contributed by atoms with E-state index < -0.39 is 0 Å². The van der Waals surface area contributed by atoms with Crippen LogP contribution in [0.2, 0.25) is 0 Å². The van der Waals surface area contributed by atoms with Crippen molar-refractivity contribution in [1.82, 2.24) is 15.6 Å². The summed E-state index contributed by atoms with van der Waals surface area (Å²) in [6.45, 7) is 3.17. The van der Waals surface area contributed by atoms with Crippen LogP contribution in [-0.4, -0.2) is 44.3 Å². The minimum Gasteiger partial charge on any atom is -0.481 e. The van der Waals surface area contributed by atoms with Crippen molar-refractivity contribution in [3.05, 3.63) is 23.9 Å². The monoisotopic (exact) mass is 267 g/mol. The number of ether oxygens (including phenoxy) is 2. The molecule has 19 heavy (non-hydrogen) atoms. The van der Waals surface area contributed by atoms with Crippen molar-refractivity contribution in [2.24, 2.45) is 0 Å². The van der Waals surface area contributed by atoms with E-state index in [0.29, 0.717) is 19.0 Å². The van der Waals surface area contributed by atoms with Crippen LogP contribution in [0.4, 0.5) is 0 Å². The quantitative estimate of drug-likeness (QED) is 0.710. The van der Waals surface area contributed by atoms with Crippen molar-refractivity contribution in [2.45, 2.75) is 19.5 Å². The lowest BCUT2D eigenvalue weighted by Crippen LogP contribution is -2.40. The fourth-order valence-corrected chi connectivity index (χ4v) is 1.67. The predicted octanol–water partition coefficient (Wildman–Crippen LogP) is 0.331. The average molecular weight is 267 g/mol. The number of carbonyl (C=O) groups excluding carboxylic acids is 1. The van der Waals surface area contributed by atoms with E-state index in [0.717, 1.165) is 5.56 Å². The summed E-state index contributed by atoms with van der Waals surface area (Å²) in [5.41, 5.74) is 0.919. The first-order valence-electron chi connectivity index (χ1n) is 6.14. The van der Waals surface area contributed by atoms with Gasteiger partial charge in [-0.25, -0.2) is 4.98 Å². The smallest absolute Gasteiger partial charge is 0.234 e. The number of methoxy groups -OCH3 is 2. The Bertz CT molecular complexity index is 398. The normalized spacial score (nSPS) is 11.9. The second-order valence-electron chi connectivity index (χ2n) is 4.20. The second-order valence-corrected chi connectivity index (χ2v) is 4.20. The summed E-state index contributed by atoms with van der Waals surface area (Å²) in [6.07, 6.45) is 1.67. The number of nitrogens with zero attached hydrogens (tertiary/aromatic N) is 1. The summed E-state index contributed by atoms with van der Waals surface area (Å²) in [6, 6.07) is 3.75. The number of amides is 1. The van der Waals surface area contributed by atoms with Crippen molar-refractivity contribution in [1.29, 1.82) is 0 Å². The molecule has 106 valence electrons. The fraction of sp³-hybridized carbons (Fsp3) is 0.538. The highest BCUT2D eigenvalue weighted by Crippen LogP contribution is 2.12. The van der Waals surface area contributed by atoms with E-state index in [1.54, 1.807) is 20.4 Å². The molecule has 0 aromatic carbocycles. The maximum atomic E-state index is 11.6. The molecule has 6 heteroatoms. The number of hydrogen-bond donors (Lipinski definition) is 2. The molecule has 1 heterocycles. The molecule has 0 radical (unpaired) electrons. The maximum Gasteiger partial charge on any atom is 0.234 e. The Labute approximate surface area is 113 Å². The standard InChI is InChI=1S/C13H21N3O3/c1-10(9-18-2)16-12(17)8-14-7-11-5-4-6-15-13(11)19-3/h4-6,10,14H,7-9H2,1-3H3,(H,16,17). The Morgan fingerprint density at radius 2 is 2.26 bits per heavy atom. The zero-order valence-corrected chi connectivity index (χ0v) is 11.6. The van der Waals surface area contributed by atoms with Gasteiger partial charge in [0.15, 0.2) is 0 Å². The van der Waals surface area contributed by atoms with Gasteiger partial charge in [0.25, 0.3) is 0 Å². The number of carbonyl (C=O) groups is 1. The molecule has 2 N–H and O–H groups in total. The fourth-order valence-electron chi connectivity index (χ4n) is 1.67. The third-order valence-corrected chi connectivity index (χ3v) is 2.47. The van der Waals surface area contributed by atoms with E-state index in [-0.39, 0.29) is 18.5 Å². The summed E-state index contributed by atoms with van der Waals surface area (Å²) < 4.78 is 10.1. The van der Waals surface area contributed by atoms with Crippen molar-refractivity contribution in [3.8, 4) is 5.88 Å². The van der Waals surface area contributed by atoms with Gasteiger partial charge in [0.1, 0.15) is 0 Å². The third kappa shape index (κ3) is 5.67. The molecule has 0 saturated heterocycles. The van der Waals surface area contributed by atoms with E-state index in [1.807, 2.05) is 19.1 Å². The third-order valence-electron chi connectivity index (χ3n) is 2.47. The van der Waals surface area contributed by atoms with Crippen LogP contribution in [0.1, 0.15) is 12.5 Å². The molecule has 0 aliphatic carbocycles. The molecule has 1 aromatic rings. The summed E-state index contributed by atoms with van der Waals surface area (Å²) in [4.78, 5) is 15.7. The van der Waals surface area contributed by atoms with E-state index in [2.05, 4.69) is 15.6 Å². The lowest BCUT2D eigenvalue weighted by molar-refractivity contribution is -0.121. The maximum absolute atomic E-state index is 11.6. The Hall–Kier alpha value is -1.66. The van der Waals surface area contributed by atoms with Crippen molar-refractivity contribution in [3.63, 3.8) is 0 Å². The van der Waals surface area contributed by atoms with Crippen LogP contribution in [0.3, 0.4) is 0 Å². The van der Waals surface area contributed by atoms with Gasteiger partial charge in [-0.1, -0.05) is 6.07 Å².